The summed E-state index contributed by atoms with van der Waals surface area (Å²) in [6, 6.07) is 7.34. The molecule has 0 bridgehead atoms. The van der Waals surface area contributed by atoms with Gasteiger partial charge in [-0.05, 0) is 31.0 Å². The Morgan fingerprint density at radius 1 is 1.31 bits per heavy atom. The van der Waals surface area contributed by atoms with Gasteiger partial charge < -0.3 is 10.2 Å². The Balaban J connectivity index is 0.00000338. The molecular weight excluding hydrogens is 483 g/mol. The monoisotopic (exact) mass is 512 g/mol. The van der Waals surface area contributed by atoms with Gasteiger partial charge >= 0.3 is 0 Å². The molecule has 1 aliphatic heterocycles. The number of nitrogens with zero attached hydrogens (tertiary/aromatic N) is 2. The predicted molar refractivity (Wildman–Crippen MR) is 123 cm³/mol. The number of benzene rings is 1. The Bertz CT molecular complexity index is 681. The minimum Gasteiger partial charge on any atom is -0.357 e. The Labute approximate surface area is 178 Å². The van der Waals surface area contributed by atoms with E-state index >= 15 is 0 Å². The number of anilines is 1. The Kier molecular flexibility index (Phi) is 10.1. The maximum atomic E-state index is 11.3. The van der Waals surface area contributed by atoms with Crippen LogP contribution in [0.25, 0.3) is 0 Å². The topological polar surface area (TPSA) is 73.8 Å². The molecule has 0 amide bonds. The van der Waals surface area contributed by atoms with Crippen molar-refractivity contribution in [2.24, 2.45) is 4.99 Å². The number of halogens is 1. The maximum Gasteiger partial charge on any atom is 0.229 e. The summed E-state index contributed by atoms with van der Waals surface area (Å²) in [6.45, 7) is 7.78. The molecule has 148 valence electrons. The molecule has 1 aromatic rings. The van der Waals surface area contributed by atoms with Crippen molar-refractivity contribution in [3.05, 3.63) is 29.8 Å². The number of aliphatic imine (C=N–C) groups is 1. The predicted octanol–water partition coefficient (Wildman–Crippen LogP) is 2.97. The second-order valence-corrected chi connectivity index (χ2v) is 9.25. The van der Waals surface area contributed by atoms with Gasteiger partial charge in [0.1, 0.15) is 0 Å². The van der Waals surface area contributed by atoms with E-state index in [2.05, 4.69) is 28.8 Å². The van der Waals surface area contributed by atoms with Crippen LogP contribution in [-0.2, 0) is 16.6 Å². The van der Waals surface area contributed by atoms with Crippen LogP contribution in [0.1, 0.15) is 25.8 Å². The van der Waals surface area contributed by atoms with Gasteiger partial charge in [0.05, 0.1) is 12.8 Å². The highest BCUT2D eigenvalue weighted by atomic mass is 127. The van der Waals surface area contributed by atoms with Gasteiger partial charge in [-0.1, -0.05) is 19.1 Å². The second-order valence-electron chi connectivity index (χ2n) is 6.09. The van der Waals surface area contributed by atoms with Crippen molar-refractivity contribution < 1.29 is 8.42 Å². The fourth-order valence-corrected chi connectivity index (χ4v) is 4.39. The number of rotatable bonds is 6. The minimum absolute atomic E-state index is 0. The van der Waals surface area contributed by atoms with Crippen molar-refractivity contribution >= 4 is 57.4 Å². The molecule has 1 fully saturated rings. The molecule has 1 aliphatic rings. The van der Waals surface area contributed by atoms with Crippen LogP contribution in [0, 0.1) is 0 Å². The van der Waals surface area contributed by atoms with E-state index in [1.54, 1.807) is 12.1 Å². The van der Waals surface area contributed by atoms with E-state index in [1.165, 1.54) is 6.42 Å². The van der Waals surface area contributed by atoms with Gasteiger partial charge in [-0.2, -0.15) is 11.8 Å². The van der Waals surface area contributed by atoms with Gasteiger partial charge in [0.25, 0.3) is 0 Å². The summed E-state index contributed by atoms with van der Waals surface area (Å²) in [5.41, 5.74) is 1.62. The molecular formula is C17H29IN4O2S2. The summed E-state index contributed by atoms with van der Waals surface area (Å²) < 4.78 is 25.0. The van der Waals surface area contributed by atoms with Crippen LogP contribution in [-0.4, -0.2) is 56.2 Å². The van der Waals surface area contributed by atoms with E-state index in [-0.39, 0.29) is 24.0 Å². The minimum atomic E-state index is -3.24. The maximum absolute atomic E-state index is 11.3. The van der Waals surface area contributed by atoms with E-state index in [0.29, 0.717) is 17.5 Å². The molecule has 2 rings (SSSR count). The lowest BCUT2D eigenvalue weighted by molar-refractivity contribution is 0.408. The Hall–Kier alpha value is -0.680. The summed E-state index contributed by atoms with van der Waals surface area (Å²) in [4.78, 5) is 7.10. The fourth-order valence-electron chi connectivity index (χ4n) is 2.64. The molecule has 1 heterocycles. The third kappa shape index (κ3) is 7.91. The van der Waals surface area contributed by atoms with Crippen LogP contribution < -0.4 is 10.0 Å². The zero-order chi connectivity index (χ0) is 18.3. The van der Waals surface area contributed by atoms with Crippen LogP contribution in [0.2, 0.25) is 0 Å². The Morgan fingerprint density at radius 3 is 2.58 bits per heavy atom. The quantitative estimate of drug-likeness (QED) is 0.349. The summed E-state index contributed by atoms with van der Waals surface area (Å²) in [5.74, 6) is 2.09. The van der Waals surface area contributed by atoms with Crippen molar-refractivity contribution in [1.29, 1.82) is 0 Å². The average Bonchev–Trinajstić information content (AvgIpc) is 2.58. The number of hydrogen-bond acceptors (Lipinski definition) is 4. The highest BCUT2D eigenvalue weighted by molar-refractivity contribution is 14.0. The first kappa shape index (κ1) is 23.4. The highest BCUT2D eigenvalue weighted by Gasteiger charge is 2.21. The third-order valence-electron chi connectivity index (χ3n) is 3.90. The average molecular weight is 512 g/mol. The first-order chi connectivity index (χ1) is 11.9. The number of thioether (sulfide) groups is 1. The number of sulfonamides is 1. The van der Waals surface area contributed by atoms with Crippen LogP contribution in [0.4, 0.5) is 5.69 Å². The molecule has 1 saturated heterocycles. The molecule has 1 atom stereocenters. The first-order valence-corrected chi connectivity index (χ1v) is 11.6. The molecule has 1 aromatic carbocycles. The van der Waals surface area contributed by atoms with Crippen LogP contribution in [0.3, 0.4) is 0 Å². The first-order valence-electron chi connectivity index (χ1n) is 8.63. The lowest BCUT2D eigenvalue weighted by atomic mass is 10.2. The lowest BCUT2D eigenvalue weighted by Gasteiger charge is -2.34. The summed E-state index contributed by atoms with van der Waals surface area (Å²) in [6.07, 6.45) is 2.32. The largest absolute Gasteiger partial charge is 0.357 e. The molecule has 26 heavy (non-hydrogen) atoms. The third-order valence-corrected chi connectivity index (χ3v) is 5.88. The molecule has 1 unspecified atom stereocenters. The molecule has 0 saturated carbocycles. The molecule has 0 aromatic heterocycles. The molecule has 0 radical (unpaired) electrons. The smallest absolute Gasteiger partial charge is 0.229 e. The van der Waals surface area contributed by atoms with Gasteiger partial charge in [0.2, 0.25) is 10.0 Å². The van der Waals surface area contributed by atoms with Crippen LogP contribution >= 0.6 is 35.7 Å². The number of hydrogen-bond donors (Lipinski definition) is 2. The standard InChI is InChI=1S/C17H28N4O2S2.HI/c1-4-16-13-21(10-11-24-16)17(18-5-2)19-12-14-6-8-15(9-7-14)20-25(3,22)23;/h6-9,16,20H,4-5,10-13H2,1-3H3,(H,18,19);1H. The van der Waals surface area contributed by atoms with E-state index in [0.717, 1.165) is 43.2 Å². The summed E-state index contributed by atoms with van der Waals surface area (Å²) in [5, 5.41) is 4.05. The fraction of sp³-hybridized carbons (Fsp3) is 0.588. The highest BCUT2D eigenvalue weighted by Crippen LogP contribution is 2.21. The molecule has 6 nitrogen and oxygen atoms in total. The summed E-state index contributed by atoms with van der Waals surface area (Å²) in [7, 11) is -3.24. The molecule has 2 N–H and O–H groups in total. The Morgan fingerprint density at radius 2 is 2.00 bits per heavy atom. The van der Waals surface area contributed by atoms with Crippen LogP contribution in [0.5, 0.6) is 0 Å². The van der Waals surface area contributed by atoms with Crippen molar-refractivity contribution in [3.8, 4) is 0 Å². The van der Waals surface area contributed by atoms with Crippen molar-refractivity contribution in [2.75, 3.05) is 36.4 Å². The molecule has 0 aliphatic carbocycles. The summed E-state index contributed by atoms with van der Waals surface area (Å²) >= 11 is 2.04. The normalized spacial score (nSPS) is 18.2. The van der Waals surface area contributed by atoms with Crippen molar-refractivity contribution in [1.82, 2.24) is 10.2 Å². The van der Waals surface area contributed by atoms with E-state index in [4.69, 9.17) is 4.99 Å². The van der Waals surface area contributed by atoms with Gasteiger partial charge in [-0.3, -0.25) is 4.72 Å². The van der Waals surface area contributed by atoms with E-state index in [9.17, 15) is 8.42 Å². The number of guanidine groups is 1. The lowest BCUT2D eigenvalue weighted by Crippen LogP contribution is -2.48. The van der Waals surface area contributed by atoms with Crippen molar-refractivity contribution in [3.63, 3.8) is 0 Å². The van der Waals surface area contributed by atoms with Gasteiger partial charge in [0.15, 0.2) is 5.96 Å². The number of nitrogens with one attached hydrogen (secondary N) is 2. The second kappa shape index (κ2) is 11.2. The van der Waals surface area contributed by atoms with Gasteiger partial charge in [-0.15, -0.1) is 24.0 Å². The molecule has 0 spiro atoms. The molecule has 9 heteroatoms. The van der Waals surface area contributed by atoms with Gasteiger partial charge in [0, 0.05) is 36.3 Å². The van der Waals surface area contributed by atoms with Crippen molar-refractivity contribution in [2.45, 2.75) is 32.1 Å². The SMILES string of the molecule is CCNC(=NCc1ccc(NS(C)(=O)=O)cc1)N1CCSC(CC)C1.I. The van der Waals surface area contributed by atoms with E-state index in [1.807, 2.05) is 23.9 Å². The van der Waals surface area contributed by atoms with Gasteiger partial charge in [-0.25, -0.2) is 13.4 Å². The zero-order valence-corrected chi connectivity index (χ0v) is 19.5. The van der Waals surface area contributed by atoms with E-state index < -0.39 is 10.0 Å². The zero-order valence-electron chi connectivity index (χ0n) is 15.6. The van der Waals surface area contributed by atoms with Crippen LogP contribution in [0.15, 0.2) is 29.3 Å².